The van der Waals surface area contributed by atoms with Gasteiger partial charge < -0.3 is 5.32 Å². The maximum Gasteiger partial charge on any atom is 0.0409 e. The van der Waals surface area contributed by atoms with Crippen LogP contribution in [0.5, 0.6) is 0 Å². The molecule has 0 bridgehead atoms. The molecule has 1 aromatic rings. The summed E-state index contributed by atoms with van der Waals surface area (Å²) in [5.74, 6) is 1.20. The Hall–Kier alpha value is -0.470. The monoisotopic (exact) mass is 263 g/mol. The normalized spacial score (nSPS) is 18.1. The Morgan fingerprint density at radius 3 is 2.78 bits per heavy atom. The van der Waals surface area contributed by atoms with Gasteiger partial charge in [-0.1, -0.05) is 44.0 Å². The molecule has 1 unspecified atom stereocenters. The van der Waals surface area contributed by atoms with Gasteiger partial charge >= 0.3 is 0 Å². The predicted octanol–water partition coefficient (Wildman–Crippen LogP) is 4.19. The number of nitrogens with one attached hydrogen (secondary N) is 1. The smallest absolute Gasteiger partial charge is 0.0409 e. The molecule has 0 amide bonds. The van der Waals surface area contributed by atoms with Gasteiger partial charge in [0.2, 0.25) is 0 Å². The molecule has 0 aromatic heterocycles. The predicted molar refractivity (Wildman–Crippen MR) is 82.3 cm³/mol. The third-order valence-corrected chi connectivity index (χ3v) is 5.38. The summed E-state index contributed by atoms with van der Waals surface area (Å²) >= 11 is 2.16. The summed E-state index contributed by atoms with van der Waals surface area (Å²) in [6.07, 6.45) is 6.85. The molecule has 2 rings (SSSR count). The van der Waals surface area contributed by atoms with E-state index in [-0.39, 0.29) is 0 Å². The lowest BCUT2D eigenvalue weighted by Gasteiger charge is -2.19. The molecular formula is C16H25NS. The van der Waals surface area contributed by atoms with Crippen LogP contribution in [0.25, 0.3) is 0 Å². The minimum atomic E-state index is 0.502. The standard InChI is InChI=1S/C16H25NS/c1-3-13-7-6-8-14(11-13)16(17-2)12-18-15-9-4-5-10-15/h6-8,11,15-17H,3-5,9-10,12H2,1-2H3. The van der Waals surface area contributed by atoms with Crippen molar-refractivity contribution >= 4 is 11.8 Å². The second-order valence-corrected chi connectivity index (χ2v) is 6.51. The first-order valence-corrected chi connectivity index (χ1v) is 8.26. The molecule has 1 nitrogen and oxygen atoms in total. The van der Waals surface area contributed by atoms with E-state index in [4.69, 9.17) is 0 Å². The van der Waals surface area contributed by atoms with Gasteiger partial charge in [0, 0.05) is 17.0 Å². The van der Waals surface area contributed by atoms with Crippen LogP contribution in [0, 0.1) is 0 Å². The zero-order valence-corrected chi connectivity index (χ0v) is 12.4. The number of benzene rings is 1. The first-order chi connectivity index (χ1) is 8.83. The Kier molecular flexibility index (Phi) is 5.58. The van der Waals surface area contributed by atoms with E-state index < -0.39 is 0 Å². The lowest BCUT2D eigenvalue weighted by Crippen LogP contribution is -2.20. The van der Waals surface area contributed by atoms with Gasteiger partial charge in [0.1, 0.15) is 0 Å². The van der Waals surface area contributed by atoms with Gasteiger partial charge in [-0.15, -0.1) is 0 Å². The average Bonchev–Trinajstić information content (AvgIpc) is 2.93. The van der Waals surface area contributed by atoms with E-state index in [2.05, 4.69) is 55.3 Å². The first kappa shape index (κ1) is 14.0. The van der Waals surface area contributed by atoms with Crippen molar-refractivity contribution in [2.45, 2.75) is 50.3 Å². The molecule has 1 fully saturated rings. The fraction of sp³-hybridized carbons (Fsp3) is 0.625. The molecule has 1 N–H and O–H groups in total. The molecule has 0 saturated heterocycles. The summed E-state index contributed by atoms with van der Waals surface area (Å²) in [6, 6.07) is 9.53. The Morgan fingerprint density at radius 2 is 2.11 bits per heavy atom. The number of thioether (sulfide) groups is 1. The van der Waals surface area contributed by atoms with E-state index in [1.807, 2.05) is 0 Å². The van der Waals surface area contributed by atoms with Crippen LogP contribution in [0.1, 0.15) is 49.8 Å². The Morgan fingerprint density at radius 1 is 1.33 bits per heavy atom. The molecule has 0 spiro atoms. The quantitative estimate of drug-likeness (QED) is 0.826. The van der Waals surface area contributed by atoms with Crippen molar-refractivity contribution in [2.24, 2.45) is 0 Å². The van der Waals surface area contributed by atoms with Crippen LogP contribution in [0.2, 0.25) is 0 Å². The number of hydrogen-bond donors (Lipinski definition) is 1. The van der Waals surface area contributed by atoms with Crippen molar-refractivity contribution in [3.8, 4) is 0 Å². The fourth-order valence-corrected chi connectivity index (χ4v) is 4.15. The van der Waals surface area contributed by atoms with Crippen LogP contribution >= 0.6 is 11.8 Å². The summed E-state index contributed by atoms with van der Waals surface area (Å²) in [5.41, 5.74) is 2.89. The van der Waals surface area contributed by atoms with E-state index in [0.717, 1.165) is 11.7 Å². The van der Waals surface area contributed by atoms with Crippen molar-refractivity contribution in [3.05, 3.63) is 35.4 Å². The summed E-state index contributed by atoms with van der Waals surface area (Å²) in [4.78, 5) is 0. The third kappa shape index (κ3) is 3.76. The SMILES string of the molecule is CCc1cccc(C(CSC2CCCC2)NC)c1. The Labute approximate surface area is 116 Å². The largest absolute Gasteiger partial charge is 0.312 e. The topological polar surface area (TPSA) is 12.0 Å². The van der Waals surface area contributed by atoms with Crippen molar-refractivity contribution < 1.29 is 0 Å². The van der Waals surface area contributed by atoms with Crippen molar-refractivity contribution in [2.75, 3.05) is 12.8 Å². The lowest BCUT2D eigenvalue weighted by atomic mass is 10.0. The Bertz CT molecular complexity index is 358. The molecule has 1 aliphatic rings. The van der Waals surface area contributed by atoms with E-state index >= 15 is 0 Å². The molecule has 0 aliphatic heterocycles. The zero-order valence-electron chi connectivity index (χ0n) is 11.6. The van der Waals surface area contributed by atoms with Crippen molar-refractivity contribution in [1.82, 2.24) is 5.32 Å². The van der Waals surface area contributed by atoms with E-state index in [0.29, 0.717) is 6.04 Å². The highest BCUT2D eigenvalue weighted by atomic mass is 32.2. The average molecular weight is 263 g/mol. The van der Waals surface area contributed by atoms with Crippen LogP contribution in [0.3, 0.4) is 0 Å². The summed E-state index contributed by atoms with van der Waals surface area (Å²) in [7, 11) is 2.08. The lowest BCUT2D eigenvalue weighted by molar-refractivity contribution is 0.659. The van der Waals surface area contributed by atoms with Crippen LogP contribution in [0.4, 0.5) is 0 Å². The van der Waals surface area contributed by atoms with Gasteiger partial charge in [-0.3, -0.25) is 0 Å². The molecule has 1 aromatic carbocycles. The van der Waals surface area contributed by atoms with Crippen LogP contribution < -0.4 is 5.32 Å². The number of hydrogen-bond acceptors (Lipinski definition) is 2. The van der Waals surface area contributed by atoms with Crippen LogP contribution in [-0.2, 0) is 6.42 Å². The molecule has 0 heterocycles. The molecule has 1 saturated carbocycles. The summed E-state index contributed by atoms with van der Waals surface area (Å²) in [6.45, 7) is 2.22. The highest BCUT2D eigenvalue weighted by Gasteiger charge is 2.18. The second kappa shape index (κ2) is 7.20. The summed E-state index contributed by atoms with van der Waals surface area (Å²) < 4.78 is 0. The zero-order chi connectivity index (χ0) is 12.8. The van der Waals surface area contributed by atoms with Crippen LogP contribution in [0.15, 0.2) is 24.3 Å². The van der Waals surface area contributed by atoms with Crippen LogP contribution in [-0.4, -0.2) is 18.1 Å². The minimum Gasteiger partial charge on any atom is -0.312 e. The maximum absolute atomic E-state index is 3.47. The minimum absolute atomic E-state index is 0.502. The molecule has 100 valence electrons. The molecule has 2 heteroatoms. The van der Waals surface area contributed by atoms with Crippen molar-refractivity contribution in [1.29, 1.82) is 0 Å². The molecule has 0 radical (unpaired) electrons. The maximum atomic E-state index is 3.47. The second-order valence-electron chi connectivity index (χ2n) is 5.18. The van der Waals surface area contributed by atoms with Gasteiger partial charge in [-0.25, -0.2) is 0 Å². The van der Waals surface area contributed by atoms with Crippen molar-refractivity contribution in [3.63, 3.8) is 0 Å². The van der Waals surface area contributed by atoms with Gasteiger partial charge in [0.25, 0.3) is 0 Å². The number of aryl methyl sites for hydroxylation is 1. The Balaban J connectivity index is 1.93. The van der Waals surface area contributed by atoms with Gasteiger partial charge in [-0.05, 0) is 37.4 Å². The first-order valence-electron chi connectivity index (χ1n) is 7.21. The molecular weight excluding hydrogens is 238 g/mol. The number of rotatable bonds is 6. The van der Waals surface area contributed by atoms with Gasteiger partial charge in [0.15, 0.2) is 0 Å². The fourth-order valence-electron chi connectivity index (χ4n) is 2.66. The molecule has 18 heavy (non-hydrogen) atoms. The van der Waals surface area contributed by atoms with Gasteiger partial charge in [-0.2, -0.15) is 11.8 Å². The molecule has 1 aliphatic carbocycles. The van der Waals surface area contributed by atoms with E-state index in [1.54, 1.807) is 0 Å². The van der Waals surface area contributed by atoms with E-state index in [9.17, 15) is 0 Å². The third-order valence-electron chi connectivity index (χ3n) is 3.91. The summed E-state index contributed by atoms with van der Waals surface area (Å²) in [5, 5.41) is 4.39. The highest BCUT2D eigenvalue weighted by Crippen LogP contribution is 2.32. The van der Waals surface area contributed by atoms with E-state index in [1.165, 1.54) is 42.6 Å². The molecule has 1 atom stereocenters. The van der Waals surface area contributed by atoms with Gasteiger partial charge in [0.05, 0.1) is 0 Å². The highest BCUT2D eigenvalue weighted by molar-refractivity contribution is 7.99.